The quantitative estimate of drug-likeness (QED) is 0.496. The van der Waals surface area contributed by atoms with Crippen LogP contribution in [0.3, 0.4) is 0 Å². The van der Waals surface area contributed by atoms with Crippen LogP contribution in [0.2, 0.25) is 5.02 Å². The molecule has 2 heterocycles. The van der Waals surface area contributed by atoms with Gasteiger partial charge in [0, 0.05) is 17.6 Å². The molecule has 1 aromatic heterocycles. The van der Waals surface area contributed by atoms with E-state index in [0.717, 1.165) is 32.1 Å². The molecule has 8 nitrogen and oxygen atoms in total. The molecule has 1 aliphatic carbocycles. The number of hydrogen-bond donors (Lipinski definition) is 1. The van der Waals surface area contributed by atoms with E-state index in [1.54, 1.807) is 12.1 Å². The van der Waals surface area contributed by atoms with Gasteiger partial charge in [-0.3, -0.25) is 4.79 Å². The van der Waals surface area contributed by atoms with Crippen LogP contribution in [0.1, 0.15) is 38.5 Å². The molecule has 168 valence electrons. The van der Waals surface area contributed by atoms with Gasteiger partial charge in [0.15, 0.2) is 15.7 Å². The summed E-state index contributed by atoms with van der Waals surface area (Å²) in [7, 11) is -3.08. The minimum atomic E-state index is -3.08. The molecule has 0 unspecified atom stereocenters. The highest BCUT2D eigenvalue weighted by molar-refractivity contribution is 7.99. The van der Waals surface area contributed by atoms with Crippen LogP contribution in [0.25, 0.3) is 11.4 Å². The Morgan fingerprint density at radius 1 is 1.16 bits per heavy atom. The number of halogens is 1. The molecule has 1 saturated heterocycles. The van der Waals surface area contributed by atoms with Gasteiger partial charge in [0.05, 0.1) is 22.3 Å². The van der Waals surface area contributed by atoms with Crippen molar-refractivity contribution in [2.24, 2.45) is 0 Å². The third kappa shape index (κ3) is 5.01. The normalized spacial score (nSPS) is 21.3. The number of sulfone groups is 1. The highest BCUT2D eigenvalue weighted by atomic mass is 35.5. The van der Waals surface area contributed by atoms with Gasteiger partial charge in [-0.1, -0.05) is 54.8 Å². The summed E-state index contributed by atoms with van der Waals surface area (Å²) < 4.78 is 25.4. The van der Waals surface area contributed by atoms with E-state index in [2.05, 4.69) is 10.2 Å². The lowest BCUT2D eigenvalue weighted by atomic mass is 9.93. The van der Waals surface area contributed by atoms with Crippen molar-refractivity contribution >= 4 is 39.1 Å². The Labute approximate surface area is 191 Å². The van der Waals surface area contributed by atoms with Crippen LogP contribution in [0.5, 0.6) is 0 Å². The van der Waals surface area contributed by atoms with Crippen molar-refractivity contribution in [3.63, 3.8) is 0 Å². The summed E-state index contributed by atoms with van der Waals surface area (Å²) in [6, 6.07) is 7.08. The second-order valence-electron chi connectivity index (χ2n) is 8.09. The SMILES string of the molecule is Nn1c(SCC(=O)N(C2CCCCC2)[C@H]2CCS(=O)(=O)C2)nnc1-c1ccccc1Cl. The third-order valence-corrected chi connectivity index (χ3v) is 8.97. The van der Waals surface area contributed by atoms with Crippen molar-refractivity contribution in [3.8, 4) is 11.4 Å². The minimum Gasteiger partial charge on any atom is -0.335 e. The van der Waals surface area contributed by atoms with Crippen LogP contribution in [0.15, 0.2) is 29.4 Å². The highest BCUT2D eigenvalue weighted by Gasteiger charge is 2.38. The van der Waals surface area contributed by atoms with Gasteiger partial charge < -0.3 is 10.7 Å². The molecule has 1 aliphatic heterocycles. The molecule has 2 fully saturated rings. The van der Waals surface area contributed by atoms with Crippen molar-refractivity contribution in [1.82, 2.24) is 19.8 Å². The summed E-state index contributed by atoms with van der Waals surface area (Å²) in [5.74, 6) is 6.87. The fourth-order valence-electron chi connectivity index (χ4n) is 4.46. The largest absolute Gasteiger partial charge is 0.335 e. The van der Waals surface area contributed by atoms with E-state index in [1.807, 2.05) is 17.0 Å². The number of nitrogens with two attached hydrogens (primary N) is 1. The first-order valence-electron chi connectivity index (χ1n) is 10.5. The van der Waals surface area contributed by atoms with Gasteiger partial charge in [-0.25, -0.2) is 13.1 Å². The molecule has 0 spiro atoms. The van der Waals surface area contributed by atoms with Crippen LogP contribution in [0, 0.1) is 0 Å². The van der Waals surface area contributed by atoms with Crippen LogP contribution in [-0.2, 0) is 14.6 Å². The molecule has 0 radical (unpaired) electrons. The highest BCUT2D eigenvalue weighted by Crippen LogP contribution is 2.31. The molecule has 4 rings (SSSR count). The second-order valence-corrected chi connectivity index (χ2v) is 11.7. The maximum Gasteiger partial charge on any atom is 0.233 e. The Hall–Kier alpha value is -1.78. The summed E-state index contributed by atoms with van der Waals surface area (Å²) in [5.41, 5.74) is 0.664. The average molecular weight is 484 g/mol. The van der Waals surface area contributed by atoms with Crippen LogP contribution in [0.4, 0.5) is 0 Å². The van der Waals surface area contributed by atoms with Crippen molar-refractivity contribution < 1.29 is 13.2 Å². The lowest BCUT2D eigenvalue weighted by Gasteiger charge is -2.38. The van der Waals surface area contributed by atoms with Gasteiger partial charge in [0.25, 0.3) is 0 Å². The van der Waals surface area contributed by atoms with E-state index in [-0.39, 0.29) is 35.2 Å². The van der Waals surface area contributed by atoms with Crippen molar-refractivity contribution in [2.45, 2.75) is 55.8 Å². The monoisotopic (exact) mass is 483 g/mol. The Balaban J connectivity index is 1.49. The molecule has 2 aromatic rings. The van der Waals surface area contributed by atoms with E-state index < -0.39 is 9.84 Å². The third-order valence-electron chi connectivity index (χ3n) is 5.96. The lowest BCUT2D eigenvalue weighted by Crippen LogP contribution is -2.49. The number of rotatable bonds is 6. The van der Waals surface area contributed by atoms with Gasteiger partial charge in [-0.05, 0) is 31.4 Å². The lowest BCUT2D eigenvalue weighted by molar-refractivity contribution is -0.133. The summed E-state index contributed by atoms with van der Waals surface area (Å²) in [4.78, 5) is 15.1. The number of hydrogen-bond acceptors (Lipinski definition) is 7. The number of thioether (sulfide) groups is 1. The second kappa shape index (κ2) is 9.38. The molecule has 1 aromatic carbocycles. The topological polar surface area (TPSA) is 111 Å². The fraction of sp³-hybridized carbons (Fsp3) is 0.550. The molecule has 1 amide bonds. The molecule has 0 bridgehead atoms. The van der Waals surface area contributed by atoms with Crippen molar-refractivity contribution in [2.75, 3.05) is 23.1 Å². The molecular formula is C20H26ClN5O3S2. The predicted octanol–water partition coefficient (Wildman–Crippen LogP) is 2.75. The van der Waals surface area contributed by atoms with Gasteiger partial charge in [-0.2, -0.15) is 0 Å². The number of amides is 1. The van der Waals surface area contributed by atoms with E-state index in [0.29, 0.717) is 28.0 Å². The number of carbonyl (C=O) groups excluding carboxylic acids is 1. The molecular weight excluding hydrogens is 458 g/mol. The van der Waals surface area contributed by atoms with Crippen molar-refractivity contribution in [3.05, 3.63) is 29.3 Å². The first-order valence-corrected chi connectivity index (χ1v) is 13.6. The Morgan fingerprint density at radius 2 is 1.90 bits per heavy atom. The Kier molecular flexibility index (Phi) is 6.78. The van der Waals surface area contributed by atoms with E-state index in [9.17, 15) is 13.2 Å². The fourth-order valence-corrected chi connectivity index (χ4v) is 7.12. The van der Waals surface area contributed by atoms with E-state index >= 15 is 0 Å². The first kappa shape index (κ1) is 22.4. The molecule has 2 aliphatic rings. The van der Waals surface area contributed by atoms with E-state index in [4.69, 9.17) is 17.4 Å². The zero-order chi connectivity index (χ0) is 22.0. The smallest absolute Gasteiger partial charge is 0.233 e. The average Bonchev–Trinajstić information content (AvgIpc) is 3.29. The summed E-state index contributed by atoms with van der Waals surface area (Å²) in [6.45, 7) is 0. The number of benzene rings is 1. The van der Waals surface area contributed by atoms with Gasteiger partial charge in [0.1, 0.15) is 0 Å². The molecule has 11 heteroatoms. The van der Waals surface area contributed by atoms with Crippen LogP contribution < -0.4 is 5.84 Å². The minimum absolute atomic E-state index is 0.0592. The predicted molar refractivity (Wildman–Crippen MR) is 122 cm³/mol. The van der Waals surface area contributed by atoms with Crippen LogP contribution in [-0.4, -0.2) is 63.4 Å². The summed E-state index contributed by atoms with van der Waals surface area (Å²) >= 11 is 7.45. The molecule has 1 saturated carbocycles. The first-order chi connectivity index (χ1) is 14.9. The number of aromatic nitrogens is 3. The van der Waals surface area contributed by atoms with E-state index in [1.165, 1.54) is 16.4 Å². The molecule has 31 heavy (non-hydrogen) atoms. The van der Waals surface area contributed by atoms with Crippen LogP contribution >= 0.6 is 23.4 Å². The van der Waals surface area contributed by atoms with Gasteiger partial charge in [-0.15, -0.1) is 10.2 Å². The summed E-state index contributed by atoms with van der Waals surface area (Å²) in [6.07, 6.45) is 5.67. The zero-order valence-electron chi connectivity index (χ0n) is 17.1. The maximum atomic E-state index is 13.2. The Bertz CT molecular complexity index is 1050. The number of nitrogen functional groups attached to an aromatic ring is 1. The summed E-state index contributed by atoms with van der Waals surface area (Å²) in [5, 5.41) is 9.18. The standard InChI is InChI=1S/C20H26ClN5O3S2/c21-17-9-5-4-8-16(17)19-23-24-20(26(19)22)30-12-18(27)25(14-6-2-1-3-7-14)15-10-11-31(28,29)13-15/h4-5,8-9,14-15H,1-3,6-7,10-13,22H2/t15-/m0/s1. The number of nitrogens with zero attached hydrogens (tertiary/aromatic N) is 4. The van der Waals surface area contributed by atoms with Gasteiger partial charge >= 0.3 is 0 Å². The zero-order valence-corrected chi connectivity index (χ0v) is 19.5. The maximum absolute atomic E-state index is 13.2. The Morgan fingerprint density at radius 3 is 2.58 bits per heavy atom. The molecule has 2 N–H and O–H groups in total. The number of carbonyl (C=O) groups is 1. The van der Waals surface area contributed by atoms with Crippen molar-refractivity contribution in [1.29, 1.82) is 0 Å². The van der Waals surface area contributed by atoms with Gasteiger partial charge in [0.2, 0.25) is 11.1 Å². The molecule has 1 atom stereocenters.